The molecule has 0 spiro atoms. The third kappa shape index (κ3) is 3.30. The van der Waals surface area contributed by atoms with Gasteiger partial charge in [0.1, 0.15) is 5.82 Å². The van der Waals surface area contributed by atoms with E-state index >= 15 is 0 Å². The van der Waals surface area contributed by atoms with Crippen molar-refractivity contribution >= 4 is 26.4 Å². The van der Waals surface area contributed by atoms with Crippen LogP contribution in [0.25, 0.3) is 0 Å². The van der Waals surface area contributed by atoms with Crippen LogP contribution in [0.15, 0.2) is 30.1 Å². The van der Waals surface area contributed by atoms with Crippen LogP contribution in [0.3, 0.4) is 0 Å². The van der Waals surface area contributed by atoms with E-state index in [1.54, 1.807) is 12.3 Å². The third-order valence-electron chi connectivity index (χ3n) is 1.67. The normalized spacial score (nSPS) is 11.2. The second kappa shape index (κ2) is 4.91. The monoisotopic (exact) mass is 253 g/mol. The van der Waals surface area contributed by atoms with Gasteiger partial charge in [-0.05, 0) is 47.5 Å². The zero-order chi connectivity index (χ0) is 10.6. The molecule has 1 aromatic rings. The van der Waals surface area contributed by atoms with Gasteiger partial charge >= 0.3 is 0 Å². The summed E-state index contributed by atoms with van der Waals surface area (Å²) < 4.78 is 0.344. The number of aromatic nitrogens is 1. The summed E-state index contributed by atoms with van der Waals surface area (Å²) in [5, 5.41) is 10.3. The van der Waals surface area contributed by atoms with Crippen LogP contribution in [0.2, 0.25) is 0 Å². The summed E-state index contributed by atoms with van der Waals surface area (Å²) in [6.45, 7) is 3.88. The Hall–Kier alpha value is -1.16. The summed E-state index contributed by atoms with van der Waals surface area (Å²) in [6, 6.07) is 3.88. The number of nitrogens with one attached hydrogen (secondary N) is 2. The van der Waals surface area contributed by atoms with Gasteiger partial charge in [0.25, 0.3) is 0 Å². The molecule has 3 nitrogen and oxygen atoms in total. The smallest absolute Gasteiger partial charge is 0.132 e. The molecule has 0 radical (unpaired) electrons. The van der Waals surface area contributed by atoms with E-state index in [1.165, 1.54) is 0 Å². The minimum absolute atomic E-state index is 0.344. The van der Waals surface area contributed by atoms with E-state index < -0.39 is 0 Å². The second-order valence-electron chi connectivity index (χ2n) is 2.97. The summed E-state index contributed by atoms with van der Waals surface area (Å²) in [4.78, 5) is 4.19. The first-order valence-electron chi connectivity index (χ1n) is 4.20. The van der Waals surface area contributed by atoms with Gasteiger partial charge in [0, 0.05) is 11.9 Å². The molecule has 0 saturated heterocycles. The Morgan fingerprint density at radius 1 is 1.64 bits per heavy atom. The fourth-order valence-electron chi connectivity index (χ4n) is 1.03. The van der Waals surface area contributed by atoms with Crippen molar-refractivity contribution in [3.05, 3.63) is 35.7 Å². The highest BCUT2D eigenvalue weighted by Crippen LogP contribution is 2.11. The van der Waals surface area contributed by atoms with E-state index in [4.69, 9.17) is 5.41 Å². The Morgan fingerprint density at radius 2 is 2.36 bits per heavy atom. The lowest BCUT2D eigenvalue weighted by atomic mass is 10.3. The molecule has 74 valence electrons. The number of allylic oxidation sites excluding steroid dienone is 2. The van der Waals surface area contributed by atoms with Gasteiger partial charge in [0.15, 0.2) is 0 Å². The molecule has 0 aromatic carbocycles. The highest BCUT2D eigenvalue weighted by Gasteiger charge is 1.97. The van der Waals surface area contributed by atoms with Gasteiger partial charge in [-0.1, -0.05) is 6.07 Å². The van der Waals surface area contributed by atoms with Crippen molar-refractivity contribution in [3.63, 3.8) is 0 Å². The van der Waals surface area contributed by atoms with Crippen LogP contribution in [0, 0.1) is 12.3 Å². The highest BCUT2D eigenvalue weighted by molar-refractivity contribution is 9.18. The van der Waals surface area contributed by atoms with Crippen LogP contribution in [-0.2, 0) is 0 Å². The van der Waals surface area contributed by atoms with E-state index in [9.17, 15) is 0 Å². The molecule has 2 N–H and O–H groups in total. The van der Waals surface area contributed by atoms with Crippen LogP contribution in [-0.4, -0.2) is 9.60 Å². The molecule has 0 saturated carbocycles. The van der Waals surface area contributed by atoms with E-state index in [0.717, 1.165) is 17.1 Å². The zero-order valence-corrected chi connectivity index (χ0v) is 9.72. The maximum Gasteiger partial charge on any atom is 0.132 e. The molecule has 1 heterocycles. The molecule has 0 aliphatic rings. The Kier molecular flexibility index (Phi) is 3.83. The Balaban J connectivity index is 2.79. The maximum atomic E-state index is 7.22. The van der Waals surface area contributed by atoms with Crippen molar-refractivity contribution in [1.29, 1.82) is 5.41 Å². The van der Waals surface area contributed by atoms with Gasteiger partial charge in [-0.25, -0.2) is 4.98 Å². The minimum Gasteiger partial charge on any atom is -0.344 e. The van der Waals surface area contributed by atoms with Crippen LogP contribution in [0.1, 0.15) is 12.5 Å². The average Bonchev–Trinajstić information content (AvgIpc) is 2.07. The first-order valence-corrected chi connectivity index (χ1v) is 5.00. The molecular weight excluding hydrogens is 242 g/mol. The number of hydrogen-bond donors (Lipinski definition) is 2. The first kappa shape index (κ1) is 10.9. The lowest BCUT2D eigenvalue weighted by Gasteiger charge is -2.07. The minimum atomic E-state index is 0.344. The van der Waals surface area contributed by atoms with E-state index in [1.807, 2.05) is 26.0 Å². The standard InChI is InChI=1S/C10H12BrN3/c1-7-4-3-5-13-10(7)14-8(2)6-9(11)12/h3-6,12H,1-2H3,(H,13,14)/b8-6-,12-9?. The molecule has 1 rings (SSSR count). The summed E-state index contributed by atoms with van der Waals surface area (Å²) >= 11 is 3.05. The van der Waals surface area contributed by atoms with Gasteiger partial charge in [-0.3, -0.25) is 5.41 Å². The Labute approximate surface area is 91.9 Å². The molecule has 4 heteroatoms. The van der Waals surface area contributed by atoms with Gasteiger partial charge in [0.05, 0.1) is 4.62 Å². The van der Waals surface area contributed by atoms with E-state index in [0.29, 0.717) is 4.62 Å². The lowest BCUT2D eigenvalue weighted by Crippen LogP contribution is -2.00. The molecule has 0 amide bonds. The molecule has 0 unspecified atom stereocenters. The average molecular weight is 254 g/mol. The highest BCUT2D eigenvalue weighted by atomic mass is 79.9. The van der Waals surface area contributed by atoms with Crippen LogP contribution >= 0.6 is 15.9 Å². The second-order valence-corrected chi connectivity index (χ2v) is 3.82. The van der Waals surface area contributed by atoms with Crippen LogP contribution < -0.4 is 5.32 Å². The molecule has 0 aliphatic carbocycles. The number of halogens is 1. The molecule has 0 fully saturated rings. The van der Waals surface area contributed by atoms with Crippen molar-refractivity contribution in [3.8, 4) is 0 Å². The Morgan fingerprint density at radius 3 is 2.93 bits per heavy atom. The molecule has 0 aliphatic heterocycles. The number of anilines is 1. The fraction of sp³-hybridized carbons (Fsp3) is 0.200. The molecular formula is C10H12BrN3. The largest absolute Gasteiger partial charge is 0.344 e. The first-order chi connectivity index (χ1) is 6.59. The predicted octanol–water partition coefficient (Wildman–Crippen LogP) is 3.08. The summed E-state index contributed by atoms with van der Waals surface area (Å²) in [7, 11) is 0. The van der Waals surface area contributed by atoms with Crippen molar-refractivity contribution in [2.24, 2.45) is 0 Å². The van der Waals surface area contributed by atoms with Gasteiger partial charge in [-0.2, -0.15) is 0 Å². The molecule has 14 heavy (non-hydrogen) atoms. The Bertz CT molecular complexity index is 371. The van der Waals surface area contributed by atoms with Crippen molar-refractivity contribution in [2.45, 2.75) is 13.8 Å². The van der Waals surface area contributed by atoms with Crippen molar-refractivity contribution < 1.29 is 0 Å². The summed E-state index contributed by atoms with van der Waals surface area (Å²) in [5.74, 6) is 0.829. The predicted molar refractivity (Wildman–Crippen MR) is 63.0 cm³/mol. The third-order valence-corrected chi connectivity index (χ3v) is 1.90. The van der Waals surface area contributed by atoms with Crippen LogP contribution in [0.4, 0.5) is 5.82 Å². The zero-order valence-electron chi connectivity index (χ0n) is 8.13. The van der Waals surface area contributed by atoms with E-state index in [2.05, 4.69) is 26.2 Å². The lowest BCUT2D eigenvalue weighted by molar-refractivity contribution is 1.22. The topological polar surface area (TPSA) is 48.8 Å². The molecule has 1 aromatic heterocycles. The number of hydrogen-bond acceptors (Lipinski definition) is 3. The number of nitrogens with zero attached hydrogens (tertiary/aromatic N) is 1. The van der Waals surface area contributed by atoms with Crippen LogP contribution in [0.5, 0.6) is 0 Å². The quantitative estimate of drug-likeness (QED) is 0.814. The van der Waals surface area contributed by atoms with Crippen molar-refractivity contribution in [2.75, 3.05) is 5.32 Å². The number of aryl methyl sites for hydroxylation is 1. The summed E-state index contributed by atoms with van der Waals surface area (Å²) in [5.41, 5.74) is 1.97. The summed E-state index contributed by atoms with van der Waals surface area (Å²) in [6.07, 6.45) is 3.43. The number of pyridine rings is 1. The van der Waals surface area contributed by atoms with E-state index in [-0.39, 0.29) is 0 Å². The van der Waals surface area contributed by atoms with Gasteiger partial charge in [-0.15, -0.1) is 0 Å². The van der Waals surface area contributed by atoms with Gasteiger partial charge < -0.3 is 5.32 Å². The molecule has 0 atom stereocenters. The number of rotatable bonds is 3. The SMILES string of the molecule is C/C(=C/C(=N)Br)Nc1ncccc1C. The van der Waals surface area contributed by atoms with Crippen molar-refractivity contribution in [1.82, 2.24) is 4.98 Å². The fourth-order valence-corrected chi connectivity index (χ4v) is 1.37. The molecule has 0 bridgehead atoms. The van der Waals surface area contributed by atoms with Gasteiger partial charge in [0.2, 0.25) is 0 Å². The maximum absolute atomic E-state index is 7.22.